The van der Waals surface area contributed by atoms with Crippen LogP contribution >= 0.6 is 0 Å². The van der Waals surface area contributed by atoms with Crippen LogP contribution in [0.3, 0.4) is 0 Å². The number of fused-ring (bicyclic) bond motifs is 1. The molecule has 0 aliphatic carbocycles. The van der Waals surface area contributed by atoms with Gasteiger partial charge in [0.2, 0.25) is 5.91 Å². The maximum absolute atomic E-state index is 14.6. The molecule has 2 heterocycles. The van der Waals surface area contributed by atoms with Crippen molar-refractivity contribution in [2.75, 3.05) is 13.2 Å². The van der Waals surface area contributed by atoms with Gasteiger partial charge in [-0.1, -0.05) is 84.0 Å². The molecule has 2 aromatic rings. The van der Waals surface area contributed by atoms with E-state index in [4.69, 9.17) is 9.16 Å². The van der Waals surface area contributed by atoms with Crippen molar-refractivity contribution in [2.45, 2.75) is 77.9 Å². The Morgan fingerprint density at radius 3 is 2.02 bits per heavy atom. The Morgan fingerprint density at radius 1 is 0.977 bits per heavy atom. The Kier molecular flexibility index (Phi) is 9.34. The van der Waals surface area contributed by atoms with Gasteiger partial charge in [0.15, 0.2) is 8.32 Å². The van der Waals surface area contributed by atoms with Gasteiger partial charge in [-0.15, -0.1) is 0 Å². The number of carbonyl (C=O) groups excluding carboxylic acids is 4. The van der Waals surface area contributed by atoms with Crippen molar-refractivity contribution in [2.24, 2.45) is 17.8 Å². The van der Waals surface area contributed by atoms with Crippen LogP contribution in [0.2, 0.25) is 18.1 Å². The van der Waals surface area contributed by atoms with E-state index in [0.717, 1.165) is 9.80 Å². The Hall–Kier alpha value is -3.34. The summed E-state index contributed by atoms with van der Waals surface area (Å²) in [5.41, 5.74) is 0.890. The average Bonchev–Trinajstić information content (AvgIpc) is 3.47. The third-order valence-electron chi connectivity index (χ3n) is 9.27. The monoisotopic (exact) mass is 608 g/mol. The van der Waals surface area contributed by atoms with Crippen LogP contribution in [-0.2, 0) is 14.0 Å². The highest BCUT2D eigenvalue weighted by molar-refractivity contribution is 6.74. The fraction of sp³-hybridized carbons (Fsp3) is 0.515. The molecule has 232 valence electrons. The lowest BCUT2D eigenvalue weighted by molar-refractivity contribution is -0.141. The van der Waals surface area contributed by atoms with E-state index in [1.807, 2.05) is 20.8 Å². The number of amides is 4. The minimum Gasteiger partial charge on any atom is -0.447 e. The van der Waals surface area contributed by atoms with Crippen molar-refractivity contribution in [1.82, 2.24) is 9.80 Å². The van der Waals surface area contributed by atoms with Crippen LogP contribution < -0.4 is 0 Å². The summed E-state index contributed by atoms with van der Waals surface area (Å²) in [7, 11) is -2.29. The van der Waals surface area contributed by atoms with Crippen molar-refractivity contribution in [3.05, 3.63) is 71.3 Å². The summed E-state index contributed by atoms with van der Waals surface area (Å²) < 4.78 is 11.9. The molecule has 2 aliphatic heterocycles. The summed E-state index contributed by atoms with van der Waals surface area (Å²) in [4.78, 5) is 57.7. The summed E-state index contributed by atoms with van der Waals surface area (Å²) in [5, 5.41) is 11.9. The SMILES string of the molecule is CC(C)[C@H]1COC(=O)N1C(=O)[C@H]([C@H](O)c1ccccc1)[C@H](C(C)CO[Si](C)(C)C(C)(C)C)N1C(=O)c2ccccc2C1=O. The van der Waals surface area contributed by atoms with Gasteiger partial charge in [0.05, 0.1) is 35.2 Å². The molecule has 2 aliphatic rings. The third kappa shape index (κ3) is 6.18. The van der Waals surface area contributed by atoms with Gasteiger partial charge in [0.1, 0.15) is 6.61 Å². The molecule has 2 aromatic carbocycles. The second kappa shape index (κ2) is 12.3. The molecule has 43 heavy (non-hydrogen) atoms. The first-order valence-electron chi connectivity index (χ1n) is 14.9. The van der Waals surface area contributed by atoms with Crippen molar-refractivity contribution < 1.29 is 33.4 Å². The fourth-order valence-corrected chi connectivity index (χ4v) is 6.68. The van der Waals surface area contributed by atoms with E-state index in [1.54, 1.807) is 54.6 Å². The maximum Gasteiger partial charge on any atom is 0.416 e. The van der Waals surface area contributed by atoms with E-state index >= 15 is 0 Å². The van der Waals surface area contributed by atoms with E-state index in [-0.39, 0.29) is 35.3 Å². The van der Waals surface area contributed by atoms with Crippen molar-refractivity contribution in [3.63, 3.8) is 0 Å². The smallest absolute Gasteiger partial charge is 0.416 e. The minimum absolute atomic E-state index is 0.0259. The summed E-state index contributed by atoms with van der Waals surface area (Å²) in [5.74, 6) is -3.88. The van der Waals surface area contributed by atoms with E-state index in [0.29, 0.717) is 5.56 Å². The standard InChI is InChI=1S/C33H44N2O7Si/c1-20(2)25-19-41-32(40)34(25)31(39)26(28(36)22-14-10-9-11-15-22)27(21(3)18-42-43(7,8)33(4,5)6)35-29(37)23-16-12-13-17-24(23)30(35)38/h9-17,20-21,25-28,36H,18-19H2,1-8H3/t21?,25-,26+,27+,28-/m1/s1. The highest BCUT2D eigenvalue weighted by Gasteiger charge is 2.53. The van der Waals surface area contributed by atoms with Gasteiger partial charge < -0.3 is 14.3 Å². The first kappa shape index (κ1) is 32.6. The zero-order chi connectivity index (χ0) is 31.9. The molecular weight excluding hydrogens is 564 g/mol. The Balaban J connectivity index is 1.87. The average molecular weight is 609 g/mol. The highest BCUT2D eigenvalue weighted by Crippen LogP contribution is 2.41. The van der Waals surface area contributed by atoms with Crippen molar-refractivity contribution >= 4 is 32.1 Å². The molecule has 0 radical (unpaired) electrons. The molecule has 1 N–H and O–H groups in total. The van der Waals surface area contributed by atoms with Crippen LogP contribution in [0.4, 0.5) is 4.79 Å². The van der Waals surface area contributed by atoms with Crippen LogP contribution in [0.1, 0.15) is 73.9 Å². The van der Waals surface area contributed by atoms with Gasteiger partial charge in [-0.05, 0) is 41.7 Å². The second-order valence-corrected chi connectivity index (χ2v) is 18.4. The summed E-state index contributed by atoms with van der Waals surface area (Å²) in [6.07, 6.45) is -2.25. The maximum atomic E-state index is 14.6. The number of aliphatic hydroxyl groups is 1. The number of hydrogen-bond acceptors (Lipinski definition) is 7. The predicted molar refractivity (Wildman–Crippen MR) is 165 cm³/mol. The van der Waals surface area contributed by atoms with E-state index in [9.17, 15) is 24.3 Å². The first-order valence-corrected chi connectivity index (χ1v) is 17.8. The number of rotatable bonds is 10. The molecule has 9 nitrogen and oxygen atoms in total. The molecule has 5 atom stereocenters. The quantitative estimate of drug-likeness (QED) is 0.273. The number of nitrogens with zero attached hydrogens (tertiary/aromatic N) is 2. The molecule has 0 saturated carbocycles. The summed E-state index contributed by atoms with van der Waals surface area (Å²) in [6, 6.07) is 13.5. The molecular formula is C33H44N2O7Si. The number of aliphatic hydroxyl groups excluding tert-OH is 1. The topological polar surface area (TPSA) is 113 Å². The van der Waals surface area contributed by atoms with Gasteiger partial charge in [-0.2, -0.15) is 0 Å². The molecule has 4 amide bonds. The van der Waals surface area contributed by atoms with Gasteiger partial charge in [0.25, 0.3) is 11.8 Å². The number of hydrogen-bond donors (Lipinski definition) is 1. The van der Waals surface area contributed by atoms with Crippen LogP contribution in [-0.4, -0.2) is 72.3 Å². The molecule has 1 unspecified atom stereocenters. The summed E-state index contributed by atoms with van der Waals surface area (Å²) >= 11 is 0. The van der Waals surface area contributed by atoms with Crippen molar-refractivity contribution in [1.29, 1.82) is 0 Å². The third-order valence-corrected chi connectivity index (χ3v) is 13.8. The molecule has 0 bridgehead atoms. The van der Waals surface area contributed by atoms with Crippen LogP contribution in [0.25, 0.3) is 0 Å². The van der Waals surface area contributed by atoms with E-state index < -0.39 is 62.2 Å². The van der Waals surface area contributed by atoms with Crippen LogP contribution in [0, 0.1) is 17.8 Å². The fourth-order valence-electron chi connectivity index (χ4n) is 5.57. The number of cyclic esters (lactones) is 1. The molecule has 10 heteroatoms. The van der Waals surface area contributed by atoms with E-state index in [2.05, 4.69) is 33.9 Å². The Morgan fingerprint density at radius 2 is 1.51 bits per heavy atom. The normalized spacial score (nSPS) is 20.2. The zero-order valence-corrected chi connectivity index (χ0v) is 27.4. The van der Waals surface area contributed by atoms with Gasteiger partial charge in [-0.3, -0.25) is 19.3 Å². The molecule has 4 rings (SSSR count). The largest absolute Gasteiger partial charge is 0.447 e. The highest BCUT2D eigenvalue weighted by atomic mass is 28.4. The van der Waals surface area contributed by atoms with Gasteiger partial charge >= 0.3 is 6.09 Å². The Labute approximate surface area is 255 Å². The van der Waals surface area contributed by atoms with Crippen LogP contribution in [0.15, 0.2) is 54.6 Å². The van der Waals surface area contributed by atoms with Crippen LogP contribution in [0.5, 0.6) is 0 Å². The number of imide groups is 2. The number of ether oxygens (including phenoxy) is 1. The van der Waals surface area contributed by atoms with Gasteiger partial charge in [-0.25, -0.2) is 9.69 Å². The molecule has 1 fully saturated rings. The van der Waals surface area contributed by atoms with Gasteiger partial charge in [0, 0.05) is 12.5 Å². The lowest BCUT2D eigenvalue weighted by Crippen LogP contribution is -2.57. The number of carbonyl (C=O) groups is 4. The molecule has 1 saturated heterocycles. The lowest BCUT2D eigenvalue weighted by Gasteiger charge is -2.42. The first-order chi connectivity index (χ1) is 20.1. The molecule has 0 aromatic heterocycles. The molecule has 0 spiro atoms. The number of benzene rings is 2. The summed E-state index contributed by atoms with van der Waals surface area (Å²) in [6.45, 7) is 16.3. The zero-order valence-electron chi connectivity index (χ0n) is 26.4. The van der Waals surface area contributed by atoms with Crippen molar-refractivity contribution in [3.8, 4) is 0 Å². The predicted octanol–water partition coefficient (Wildman–Crippen LogP) is 5.66. The second-order valence-electron chi connectivity index (χ2n) is 13.5. The lowest BCUT2D eigenvalue weighted by atomic mass is 9.80. The van der Waals surface area contributed by atoms with E-state index in [1.165, 1.54) is 0 Å². The minimum atomic E-state index is -2.29. The Bertz CT molecular complexity index is 1340.